The van der Waals surface area contributed by atoms with Gasteiger partial charge in [-0.1, -0.05) is 30.7 Å². The molecule has 0 unspecified atom stereocenters. The zero-order valence-electron chi connectivity index (χ0n) is 15.8. The van der Waals surface area contributed by atoms with Crippen molar-refractivity contribution in [1.29, 1.82) is 0 Å². The van der Waals surface area contributed by atoms with Gasteiger partial charge in [-0.2, -0.15) is 9.97 Å². The molecule has 1 aromatic heterocycles. The van der Waals surface area contributed by atoms with Gasteiger partial charge in [0.15, 0.2) is 11.0 Å². The summed E-state index contributed by atoms with van der Waals surface area (Å²) in [4.78, 5) is 25.6. The van der Waals surface area contributed by atoms with Gasteiger partial charge in [0.25, 0.3) is 0 Å². The first kappa shape index (κ1) is 19.4. The molecule has 1 aromatic carbocycles. The summed E-state index contributed by atoms with van der Waals surface area (Å²) in [6.07, 6.45) is 0. The monoisotopic (exact) mass is 389 g/mol. The molecule has 7 nitrogen and oxygen atoms in total. The van der Waals surface area contributed by atoms with Crippen LogP contribution in [0.25, 0.3) is 0 Å². The van der Waals surface area contributed by atoms with E-state index in [0.717, 1.165) is 44.0 Å². The number of carbonyl (C=O) groups excluding carboxylic acids is 1. The fourth-order valence-electron chi connectivity index (χ4n) is 3.06. The normalized spacial score (nSPS) is 14.9. The van der Waals surface area contributed by atoms with Crippen LogP contribution in [0.15, 0.2) is 24.3 Å². The zero-order valence-corrected chi connectivity index (χ0v) is 16.6. The first-order valence-electron chi connectivity index (χ1n) is 8.98. The Kier molecular flexibility index (Phi) is 6.13. The van der Waals surface area contributed by atoms with Crippen molar-refractivity contribution in [2.24, 2.45) is 0 Å². The van der Waals surface area contributed by atoms with Gasteiger partial charge in [0, 0.05) is 31.9 Å². The smallest absolute Gasteiger partial charge is 0.344 e. The molecule has 3 rings (SSSR count). The number of methoxy groups -OCH3 is 1. The van der Waals surface area contributed by atoms with E-state index in [-0.39, 0.29) is 10.7 Å². The lowest BCUT2D eigenvalue weighted by Gasteiger charge is -2.34. The molecular formula is C19H24ClN5O2. The highest BCUT2D eigenvalue weighted by molar-refractivity contribution is 6.33. The third-order valence-corrected chi connectivity index (χ3v) is 4.90. The first-order chi connectivity index (χ1) is 13.0. The van der Waals surface area contributed by atoms with Crippen molar-refractivity contribution in [3.05, 3.63) is 40.5 Å². The second-order valence-corrected chi connectivity index (χ2v) is 6.80. The summed E-state index contributed by atoms with van der Waals surface area (Å²) in [5.74, 6) is 0.288. The van der Waals surface area contributed by atoms with Crippen LogP contribution >= 0.6 is 11.6 Å². The number of hydrogen-bond acceptors (Lipinski definition) is 7. The maximum Gasteiger partial charge on any atom is 0.344 e. The number of rotatable bonds is 5. The summed E-state index contributed by atoms with van der Waals surface area (Å²) >= 11 is 6.35. The highest BCUT2D eigenvalue weighted by Gasteiger charge is 2.25. The molecule has 0 bridgehead atoms. The van der Waals surface area contributed by atoms with E-state index in [1.54, 1.807) is 0 Å². The predicted octanol–water partition coefficient (Wildman–Crippen LogP) is 3.11. The minimum Gasteiger partial charge on any atom is -0.465 e. The number of aromatic nitrogens is 2. The van der Waals surface area contributed by atoms with Crippen molar-refractivity contribution >= 4 is 35.0 Å². The van der Waals surface area contributed by atoms with Crippen LogP contribution < -0.4 is 10.2 Å². The number of halogens is 1. The van der Waals surface area contributed by atoms with Gasteiger partial charge in [-0.25, -0.2) is 4.79 Å². The largest absolute Gasteiger partial charge is 0.465 e. The highest BCUT2D eigenvalue weighted by atomic mass is 35.5. The van der Waals surface area contributed by atoms with E-state index in [1.165, 1.54) is 7.11 Å². The molecule has 0 radical (unpaired) electrons. The van der Waals surface area contributed by atoms with Crippen LogP contribution in [0.3, 0.4) is 0 Å². The van der Waals surface area contributed by atoms with Crippen molar-refractivity contribution in [2.45, 2.75) is 13.8 Å². The number of ether oxygens (including phenoxy) is 1. The topological polar surface area (TPSA) is 70.6 Å². The zero-order chi connectivity index (χ0) is 19.4. The van der Waals surface area contributed by atoms with Gasteiger partial charge in [-0.3, -0.25) is 0 Å². The van der Waals surface area contributed by atoms with E-state index in [2.05, 4.69) is 32.0 Å². The summed E-state index contributed by atoms with van der Waals surface area (Å²) in [6, 6.07) is 7.81. The molecule has 0 saturated carbocycles. The second kappa shape index (κ2) is 8.54. The Morgan fingerprint density at radius 1 is 1.26 bits per heavy atom. The van der Waals surface area contributed by atoms with E-state index in [1.807, 2.05) is 31.2 Å². The van der Waals surface area contributed by atoms with Gasteiger partial charge >= 0.3 is 5.97 Å². The lowest BCUT2D eigenvalue weighted by Crippen LogP contribution is -2.46. The Bertz CT molecular complexity index is 822. The van der Waals surface area contributed by atoms with Crippen LogP contribution in [0.2, 0.25) is 5.15 Å². The van der Waals surface area contributed by atoms with Crippen molar-refractivity contribution in [3.63, 3.8) is 0 Å². The number of hydrogen-bond donors (Lipinski definition) is 1. The maximum atomic E-state index is 12.2. The molecule has 1 aliphatic rings. The second-order valence-electron chi connectivity index (χ2n) is 6.45. The standard InChI is InChI=1S/C19H24ClN5O2/c1-4-24-8-10-25(11-9-24)19-22-16(20)15(18(26)27-3)17(23-19)21-14-7-5-6-13(2)12-14/h5-7,12H,4,8-11H2,1-3H3,(H,21,22,23). The van der Waals surface area contributed by atoms with E-state index < -0.39 is 5.97 Å². The number of nitrogens with one attached hydrogen (secondary N) is 1. The van der Waals surface area contributed by atoms with Crippen LogP contribution in [0.5, 0.6) is 0 Å². The lowest BCUT2D eigenvalue weighted by atomic mass is 10.2. The molecule has 27 heavy (non-hydrogen) atoms. The molecule has 2 aromatic rings. The number of esters is 1. The third-order valence-electron chi connectivity index (χ3n) is 4.63. The fraction of sp³-hybridized carbons (Fsp3) is 0.421. The Balaban J connectivity index is 1.95. The lowest BCUT2D eigenvalue weighted by molar-refractivity contribution is 0.0601. The van der Waals surface area contributed by atoms with Crippen molar-refractivity contribution < 1.29 is 9.53 Å². The van der Waals surface area contributed by atoms with Crippen LogP contribution in [-0.2, 0) is 4.74 Å². The number of nitrogens with zero attached hydrogens (tertiary/aromatic N) is 4. The number of anilines is 3. The SMILES string of the molecule is CCN1CCN(c2nc(Cl)c(C(=O)OC)c(Nc3cccc(C)c3)n2)CC1. The summed E-state index contributed by atoms with van der Waals surface area (Å²) in [5.41, 5.74) is 2.05. The highest BCUT2D eigenvalue weighted by Crippen LogP contribution is 2.28. The van der Waals surface area contributed by atoms with Gasteiger partial charge < -0.3 is 19.9 Å². The van der Waals surface area contributed by atoms with Crippen LogP contribution in [0.4, 0.5) is 17.5 Å². The van der Waals surface area contributed by atoms with E-state index in [9.17, 15) is 4.79 Å². The average Bonchev–Trinajstić information content (AvgIpc) is 2.67. The molecule has 1 N–H and O–H groups in total. The predicted molar refractivity (Wildman–Crippen MR) is 107 cm³/mol. The van der Waals surface area contributed by atoms with Crippen LogP contribution in [0, 0.1) is 6.92 Å². The number of benzene rings is 1. The molecule has 0 atom stereocenters. The Morgan fingerprint density at radius 2 is 2.00 bits per heavy atom. The molecule has 144 valence electrons. The maximum absolute atomic E-state index is 12.2. The van der Waals surface area contributed by atoms with Crippen molar-refractivity contribution in [1.82, 2.24) is 14.9 Å². The van der Waals surface area contributed by atoms with Gasteiger partial charge in [-0.15, -0.1) is 0 Å². The van der Waals surface area contributed by atoms with Crippen LogP contribution in [-0.4, -0.2) is 60.7 Å². The summed E-state index contributed by atoms with van der Waals surface area (Å²) in [7, 11) is 1.31. The minimum atomic E-state index is -0.572. The minimum absolute atomic E-state index is 0.0833. The summed E-state index contributed by atoms with van der Waals surface area (Å²) in [6.45, 7) is 8.68. The van der Waals surface area contributed by atoms with Gasteiger partial charge in [0.05, 0.1) is 7.11 Å². The number of carbonyl (C=O) groups is 1. The molecule has 0 spiro atoms. The fourth-order valence-corrected chi connectivity index (χ4v) is 3.30. The van der Waals surface area contributed by atoms with Gasteiger partial charge in [0.1, 0.15) is 5.56 Å². The Labute approximate surface area is 164 Å². The van der Waals surface area contributed by atoms with E-state index in [0.29, 0.717) is 11.8 Å². The molecule has 0 amide bonds. The average molecular weight is 390 g/mol. The molecule has 2 heterocycles. The summed E-state index contributed by atoms with van der Waals surface area (Å²) < 4.78 is 4.87. The molecule has 1 fully saturated rings. The van der Waals surface area contributed by atoms with Crippen molar-refractivity contribution in [2.75, 3.05) is 50.1 Å². The molecule has 1 saturated heterocycles. The van der Waals surface area contributed by atoms with Crippen molar-refractivity contribution in [3.8, 4) is 0 Å². The Morgan fingerprint density at radius 3 is 2.63 bits per heavy atom. The molecule has 0 aliphatic carbocycles. The molecular weight excluding hydrogens is 366 g/mol. The number of piperazine rings is 1. The molecule has 1 aliphatic heterocycles. The van der Waals surface area contributed by atoms with Crippen LogP contribution in [0.1, 0.15) is 22.8 Å². The van der Waals surface area contributed by atoms with E-state index >= 15 is 0 Å². The third kappa shape index (κ3) is 4.48. The van der Waals surface area contributed by atoms with E-state index in [4.69, 9.17) is 16.3 Å². The van der Waals surface area contributed by atoms with Gasteiger partial charge in [0.2, 0.25) is 5.95 Å². The molecule has 8 heteroatoms. The summed E-state index contributed by atoms with van der Waals surface area (Å²) in [5, 5.41) is 3.28. The quantitative estimate of drug-likeness (QED) is 0.622. The first-order valence-corrected chi connectivity index (χ1v) is 9.36. The number of likely N-dealkylation sites (N-methyl/N-ethyl adjacent to an activating group) is 1. The van der Waals surface area contributed by atoms with Gasteiger partial charge in [-0.05, 0) is 31.2 Å². The Hall–Kier alpha value is -2.38. The number of aryl methyl sites for hydroxylation is 1.